The van der Waals surface area contributed by atoms with Crippen molar-refractivity contribution in [2.75, 3.05) is 19.5 Å². The van der Waals surface area contributed by atoms with Gasteiger partial charge in [0.2, 0.25) is 5.88 Å². The third kappa shape index (κ3) is 3.41. The number of nitriles is 1. The van der Waals surface area contributed by atoms with Gasteiger partial charge >= 0.3 is 0 Å². The molecular weight excluding hydrogens is 230 g/mol. The summed E-state index contributed by atoms with van der Waals surface area (Å²) >= 11 is 0. The van der Waals surface area contributed by atoms with Crippen LogP contribution in [0, 0.1) is 17.2 Å². The monoisotopic (exact) mass is 251 g/mol. The van der Waals surface area contributed by atoms with Gasteiger partial charge in [-0.2, -0.15) is 5.26 Å². The summed E-state index contributed by atoms with van der Waals surface area (Å²) in [5.41, 5.74) is 6.92. The van der Waals surface area contributed by atoms with Crippen molar-refractivity contribution in [1.82, 2.24) is 4.57 Å². The molecule has 0 spiro atoms. The first-order chi connectivity index (χ1) is 8.49. The smallest absolute Gasteiger partial charge is 0.218 e. The van der Waals surface area contributed by atoms with Gasteiger partial charge in [-0.05, 0) is 12.8 Å². The fraction of sp³-hybridized carbons (Fsp3) is 0.615. The number of methoxy groups -OCH3 is 1. The van der Waals surface area contributed by atoms with Crippen LogP contribution in [0.15, 0.2) is 6.07 Å². The third-order valence-electron chi connectivity index (χ3n) is 2.45. The van der Waals surface area contributed by atoms with Gasteiger partial charge < -0.3 is 19.8 Å². The number of aromatic nitrogens is 1. The van der Waals surface area contributed by atoms with E-state index in [1.54, 1.807) is 13.2 Å². The Balaban J connectivity index is 3.01. The average molecular weight is 251 g/mol. The number of ether oxygens (including phenoxy) is 2. The maximum atomic E-state index is 9.10. The molecule has 1 aromatic rings. The minimum Gasteiger partial charge on any atom is -0.472 e. The molecule has 0 saturated heterocycles. The SMILES string of the molecule is COC[C@@H](C)Oc1c(N)cc(C#N)n1CC(C)C. The van der Waals surface area contributed by atoms with Gasteiger partial charge in [-0.1, -0.05) is 13.8 Å². The van der Waals surface area contributed by atoms with Crippen molar-refractivity contribution in [3.8, 4) is 11.9 Å². The van der Waals surface area contributed by atoms with E-state index in [4.69, 9.17) is 20.5 Å². The maximum Gasteiger partial charge on any atom is 0.218 e. The van der Waals surface area contributed by atoms with Crippen LogP contribution in [0.5, 0.6) is 5.88 Å². The molecule has 0 fully saturated rings. The second-order valence-corrected chi connectivity index (χ2v) is 4.79. The molecule has 1 heterocycles. The number of hydrogen-bond acceptors (Lipinski definition) is 4. The van der Waals surface area contributed by atoms with Crippen LogP contribution < -0.4 is 10.5 Å². The van der Waals surface area contributed by atoms with Crippen LogP contribution in [0.4, 0.5) is 5.69 Å². The molecule has 0 aliphatic carbocycles. The van der Waals surface area contributed by atoms with Gasteiger partial charge in [-0.15, -0.1) is 0 Å². The first-order valence-electron chi connectivity index (χ1n) is 6.04. The van der Waals surface area contributed by atoms with Crippen molar-refractivity contribution in [2.24, 2.45) is 5.92 Å². The Hall–Kier alpha value is -1.67. The summed E-state index contributed by atoms with van der Waals surface area (Å²) < 4.78 is 12.6. The predicted octanol–water partition coefficient (Wildman–Crippen LogP) is 2.01. The van der Waals surface area contributed by atoms with E-state index in [0.29, 0.717) is 36.3 Å². The molecule has 0 radical (unpaired) electrons. The number of hydrogen-bond donors (Lipinski definition) is 1. The molecule has 1 rings (SSSR count). The van der Waals surface area contributed by atoms with Crippen molar-refractivity contribution < 1.29 is 9.47 Å². The lowest BCUT2D eigenvalue weighted by Crippen LogP contribution is -2.21. The van der Waals surface area contributed by atoms with E-state index in [0.717, 1.165) is 0 Å². The first-order valence-corrected chi connectivity index (χ1v) is 6.04. The van der Waals surface area contributed by atoms with Crippen LogP contribution in [-0.2, 0) is 11.3 Å². The highest BCUT2D eigenvalue weighted by Crippen LogP contribution is 2.28. The van der Waals surface area contributed by atoms with Crippen molar-refractivity contribution in [3.05, 3.63) is 11.8 Å². The summed E-state index contributed by atoms with van der Waals surface area (Å²) in [7, 11) is 1.62. The highest BCUT2D eigenvalue weighted by molar-refractivity contribution is 5.55. The summed E-state index contributed by atoms with van der Waals surface area (Å²) in [6.07, 6.45) is -0.107. The quantitative estimate of drug-likeness (QED) is 0.839. The Labute approximate surface area is 108 Å². The van der Waals surface area contributed by atoms with Crippen LogP contribution in [-0.4, -0.2) is 24.4 Å². The molecule has 0 amide bonds. The van der Waals surface area contributed by atoms with Crippen molar-refractivity contribution in [2.45, 2.75) is 33.4 Å². The fourth-order valence-electron chi connectivity index (χ4n) is 1.78. The normalized spacial score (nSPS) is 12.4. The predicted molar refractivity (Wildman–Crippen MR) is 70.4 cm³/mol. The summed E-state index contributed by atoms with van der Waals surface area (Å²) in [6, 6.07) is 3.79. The van der Waals surface area contributed by atoms with Gasteiger partial charge in [0.05, 0.1) is 12.3 Å². The van der Waals surface area contributed by atoms with Crippen molar-refractivity contribution >= 4 is 5.69 Å². The topological polar surface area (TPSA) is 73.2 Å². The first kappa shape index (κ1) is 14.4. The Bertz CT molecular complexity index is 432. The van der Waals surface area contributed by atoms with E-state index in [1.807, 2.05) is 11.5 Å². The molecule has 100 valence electrons. The zero-order chi connectivity index (χ0) is 13.7. The Morgan fingerprint density at radius 1 is 1.44 bits per heavy atom. The molecular formula is C13H21N3O2. The Morgan fingerprint density at radius 3 is 2.61 bits per heavy atom. The van der Waals surface area contributed by atoms with E-state index in [9.17, 15) is 0 Å². The standard InChI is InChI=1S/C13H21N3O2/c1-9(2)7-16-11(6-14)5-12(15)13(16)18-10(3)8-17-4/h5,9-10H,7-8,15H2,1-4H3/t10-/m1/s1. The second-order valence-electron chi connectivity index (χ2n) is 4.79. The number of anilines is 1. The van der Waals surface area contributed by atoms with E-state index in [-0.39, 0.29) is 6.10 Å². The van der Waals surface area contributed by atoms with Crippen LogP contribution in [0.1, 0.15) is 26.5 Å². The number of nitrogen functional groups attached to an aromatic ring is 1. The molecule has 0 aliphatic heterocycles. The number of nitrogens with two attached hydrogens (primary N) is 1. The van der Waals surface area contributed by atoms with E-state index in [1.165, 1.54) is 0 Å². The maximum absolute atomic E-state index is 9.10. The van der Waals surface area contributed by atoms with Crippen LogP contribution in [0.2, 0.25) is 0 Å². The summed E-state index contributed by atoms with van der Waals surface area (Å²) in [4.78, 5) is 0. The van der Waals surface area contributed by atoms with Crippen LogP contribution >= 0.6 is 0 Å². The molecule has 0 bridgehead atoms. The molecule has 5 heteroatoms. The van der Waals surface area contributed by atoms with Crippen LogP contribution in [0.25, 0.3) is 0 Å². The highest BCUT2D eigenvalue weighted by Gasteiger charge is 2.17. The molecule has 0 saturated carbocycles. The Morgan fingerprint density at radius 2 is 2.11 bits per heavy atom. The molecule has 0 unspecified atom stereocenters. The lowest BCUT2D eigenvalue weighted by molar-refractivity contribution is 0.0861. The minimum absolute atomic E-state index is 0.107. The third-order valence-corrected chi connectivity index (χ3v) is 2.45. The molecule has 1 atom stereocenters. The molecule has 0 aliphatic rings. The highest BCUT2D eigenvalue weighted by atomic mass is 16.5. The number of nitrogens with zero attached hydrogens (tertiary/aromatic N) is 2. The zero-order valence-electron chi connectivity index (χ0n) is 11.4. The molecule has 18 heavy (non-hydrogen) atoms. The lowest BCUT2D eigenvalue weighted by atomic mass is 10.2. The molecule has 0 aromatic carbocycles. The largest absolute Gasteiger partial charge is 0.472 e. The van der Waals surface area contributed by atoms with Gasteiger partial charge in [0.15, 0.2) is 0 Å². The second kappa shape index (κ2) is 6.31. The fourth-order valence-corrected chi connectivity index (χ4v) is 1.78. The van der Waals surface area contributed by atoms with E-state index in [2.05, 4.69) is 19.9 Å². The van der Waals surface area contributed by atoms with Gasteiger partial charge in [0, 0.05) is 19.7 Å². The van der Waals surface area contributed by atoms with Gasteiger partial charge in [0.25, 0.3) is 0 Å². The lowest BCUT2D eigenvalue weighted by Gasteiger charge is -2.18. The summed E-state index contributed by atoms with van der Waals surface area (Å²) in [5.74, 6) is 0.966. The zero-order valence-corrected chi connectivity index (χ0v) is 11.4. The van der Waals surface area contributed by atoms with Crippen molar-refractivity contribution in [3.63, 3.8) is 0 Å². The molecule has 1 aromatic heterocycles. The van der Waals surface area contributed by atoms with Gasteiger partial charge in [-0.3, -0.25) is 0 Å². The van der Waals surface area contributed by atoms with E-state index >= 15 is 0 Å². The molecule has 2 N–H and O–H groups in total. The minimum atomic E-state index is -0.107. The van der Waals surface area contributed by atoms with Gasteiger partial charge in [0.1, 0.15) is 17.9 Å². The average Bonchev–Trinajstić information content (AvgIpc) is 2.56. The van der Waals surface area contributed by atoms with Crippen LogP contribution in [0.3, 0.4) is 0 Å². The Kier molecular flexibility index (Phi) is 5.05. The van der Waals surface area contributed by atoms with Crippen molar-refractivity contribution in [1.29, 1.82) is 5.26 Å². The number of rotatable bonds is 6. The van der Waals surface area contributed by atoms with E-state index < -0.39 is 0 Å². The molecule has 5 nitrogen and oxygen atoms in total. The van der Waals surface area contributed by atoms with Gasteiger partial charge in [-0.25, -0.2) is 0 Å². The summed E-state index contributed by atoms with van der Waals surface area (Å²) in [6.45, 7) is 7.25. The summed E-state index contributed by atoms with van der Waals surface area (Å²) in [5, 5.41) is 9.10.